The Hall–Kier alpha value is -2.80. The van der Waals surface area contributed by atoms with Crippen molar-refractivity contribution in [3.05, 3.63) is 0 Å². The molecule has 0 aromatic rings. The summed E-state index contributed by atoms with van der Waals surface area (Å²) in [6, 6.07) is 0. The van der Waals surface area contributed by atoms with E-state index < -0.39 is 344 Å². The number of aliphatic hydroxyl groups excluding tert-OH is 14. The Morgan fingerprint density at radius 1 is 0.210 bits per heavy atom. The van der Waals surface area contributed by atoms with Gasteiger partial charge in [0.1, 0.15) is 169 Å². The number of aliphatic hydroxyl groups is 14. The van der Waals surface area contributed by atoms with Crippen molar-refractivity contribution in [2.75, 3.05) is 87.4 Å². The standard InChI is InChI=1S/C56H77Cl7O42/c57-1-22(71)92-43-29(78)50-85-15(8-64)36(43)99-51-30(79)44(93-23(72)2-58)38(17(10-66)86-51)101-53-32(81)46(95-25(74)4-60)40(19(12-68)88-53)103-55-34(83)48(97-27(76)6-62)42(21(14-70)90-55)105-56-35(84)49(98-28(77)7-63)41(20(13-69)91-56)104-54-33(82)47(96-26(75)5-61)39(18(11-67)89-54)102-52-31(80)45(94-24(73)3-59)37(100-50)16(9-65)87-52/h15-21,29-56,64-70,78-84H,1-14H2/t15-,16-,17-,18-,19-,20-,21-,29-,30-,31-,32-,33?,34?,35-,36-,37-,38-,39-,40-,41-,42-,43-,44-,45-,46-,47-,48-,49-,50-,51-,52-,53-,54-,55-,56-/m1/s1. The zero-order chi connectivity index (χ0) is 77.0. The lowest BCUT2D eigenvalue weighted by Gasteiger charge is -2.51. The molecule has 2 unspecified atom stereocenters. The van der Waals surface area contributed by atoms with Crippen molar-refractivity contribution in [3.8, 4) is 0 Å². The van der Waals surface area contributed by atoms with Crippen molar-refractivity contribution >= 4 is 123 Å². The molecule has 21 saturated heterocycles. The molecule has 0 spiro atoms. The van der Waals surface area contributed by atoms with Gasteiger partial charge in [-0.1, -0.05) is 0 Å². The number of hydrogen-bond donors (Lipinski definition) is 14. The maximum absolute atomic E-state index is 13.2. The highest BCUT2D eigenvalue weighted by molar-refractivity contribution is 6.28. The van der Waals surface area contributed by atoms with Crippen LogP contribution in [0.4, 0.5) is 0 Å². The summed E-state index contributed by atoms with van der Waals surface area (Å²) < 4.78 is 122. The minimum atomic E-state index is -2.46. The Kier molecular flexibility index (Phi) is 33.9. The number of esters is 7. The predicted molar refractivity (Wildman–Crippen MR) is 331 cm³/mol. The van der Waals surface area contributed by atoms with E-state index >= 15 is 0 Å². The normalized spacial score (nSPS) is 43.3. The number of alkyl halides is 7. The molecule has 0 aliphatic carbocycles. The van der Waals surface area contributed by atoms with Gasteiger partial charge in [0.05, 0.1) is 46.2 Å². The molecule has 0 radical (unpaired) electrons. The van der Waals surface area contributed by atoms with Crippen LogP contribution in [0.25, 0.3) is 0 Å². The van der Waals surface area contributed by atoms with Crippen LogP contribution in [0.3, 0.4) is 0 Å². The summed E-state index contributed by atoms with van der Waals surface area (Å²) in [5.74, 6) is -16.3. The molecule has 14 N–H and O–H groups in total. The SMILES string of the molecule is O=C(CCl)O[C@@H]1[C@@H](O)[C@H]2O[C@H]3[C@H](OC(=O)CCl)[C@@H](O)[C@@H](O[C@H]4[C@H](OC(=O)CCl)[C@@H](O)[C@@H](O[C@H]5[C@H](OC(=O)CCl)[C@@H](O)[C@@H](O[C@H]6[C@H](OC(=O)CCl)C(O)[C@@H](O[C@H]7[C@H](OC(=O)CCl)[C@@H](O)[C@@H](O[C@H]8[C@H](OC(=O)CCl)C(O)[C@@H](O[C@@H]1[C@@H](CO)O2)O[C@@H]8CO)O[C@@H]7CO)O[C@@H]6CO)O[C@@H]5CO)O[C@@H]4CO)O[C@@H]3CO. The lowest BCUT2D eigenvalue weighted by Crippen LogP contribution is -2.69. The highest BCUT2D eigenvalue weighted by Crippen LogP contribution is 2.42. The molecule has 21 aliphatic rings. The lowest BCUT2D eigenvalue weighted by atomic mass is 9.94. The molecule has 21 rings (SSSR count). The molecule has 21 aliphatic heterocycles. The number of halogens is 7. The fraction of sp³-hybridized carbons (Fsp3) is 0.875. The van der Waals surface area contributed by atoms with E-state index in [0.717, 1.165) is 0 Å². The highest BCUT2D eigenvalue weighted by atomic mass is 35.5. The smallest absolute Gasteiger partial charge is 0.321 e. The van der Waals surface area contributed by atoms with Gasteiger partial charge in [0.25, 0.3) is 0 Å². The number of carbonyl (C=O) groups is 7. The van der Waals surface area contributed by atoms with E-state index in [-0.39, 0.29) is 0 Å². The summed E-state index contributed by atoms with van der Waals surface area (Å²) in [7, 11) is 0. The first-order valence-electron chi connectivity index (χ1n) is 31.7. The third-order valence-electron chi connectivity index (χ3n) is 17.2. The van der Waals surface area contributed by atoms with E-state index in [0.29, 0.717) is 0 Å². The van der Waals surface area contributed by atoms with Crippen molar-refractivity contribution in [1.29, 1.82) is 0 Å². The summed E-state index contributed by atoms with van der Waals surface area (Å²) in [5.41, 5.74) is 0. The van der Waals surface area contributed by atoms with Crippen molar-refractivity contribution in [3.63, 3.8) is 0 Å². The molecule has 0 aromatic carbocycles. The van der Waals surface area contributed by atoms with Gasteiger partial charge >= 0.3 is 41.8 Å². The zero-order valence-corrected chi connectivity index (χ0v) is 59.2. The van der Waals surface area contributed by atoms with Crippen LogP contribution >= 0.6 is 81.2 Å². The van der Waals surface area contributed by atoms with Gasteiger partial charge in [-0.3, -0.25) is 33.6 Å². The first-order chi connectivity index (χ1) is 50.2. The first kappa shape index (κ1) is 87.8. The summed E-state index contributed by atoms with van der Waals surface area (Å²) >= 11 is 40.9. The maximum Gasteiger partial charge on any atom is 0.321 e. The molecule has 35 atom stereocenters. The van der Waals surface area contributed by atoms with E-state index in [1.165, 1.54) is 0 Å². The molecule has 14 bridgehead atoms. The average molecular weight is 1670 g/mol. The predicted octanol–water partition coefficient (Wildman–Crippen LogP) is -9.70. The van der Waals surface area contributed by atoms with Crippen molar-refractivity contribution in [2.45, 2.75) is 215 Å². The van der Waals surface area contributed by atoms with Crippen LogP contribution in [0.2, 0.25) is 0 Å². The molecule has 49 heteroatoms. The Balaban J connectivity index is 1.26. The monoisotopic (exact) mass is 1670 g/mol. The van der Waals surface area contributed by atoms with E-state index in [4.69, 9.17) is 181 Å². The van der Waals surface area contributed by atoms with Gasteiger partial charge in [0.2, 0.25) is 0 Å². The van der Waals surface area contributed by atoms with Gasteiger partial charge in [-0.05, 0) is 0 Å². The van der Waals surface area contributed by atoms with E-state index in [9.17, 15) is 105 Å². The Bertz CT molecular complexity index is 2330. The Labute approximate surface area is 627 Å². The van der Waals surface area contributed by atoms with E-state index in [1.54, 1.807) is 0 Å². The summed E-state index contributed by atoms with van der Waals surface area (Å²) in [4.78, 5) is 92.2. The van der Waals surface area contributed by atoms with Crippen LogP contribution in [-0.4, -0.2) is 416 Å². The fourth-order valence-corrected chi connectivity index (χ4v) is 13.0. The minimum absolute atomic E-state index is 0.978. The third-order valence-corrected chi connectivity index (χ3v) is 18.8. The second-order valence-corrected chi connectivity index (χ2v) is 25.7. The highest BCUT2D eigenvalue weighted by Gasteiger charge is 2.63. The van der Waals surface area contributed by atoms with Crippen LogP contribution in [0.15, 0.2) is 0 Å². The van der Waals surface area contributed by atoms with Gasteiger partial charge < -0.3 is 171 Å². The lowest BCUT2D eigenvalue weighted by molar-refractivity contribution is -0.396. The zero-order valence-electron chi connectivity index (χ0n) is 53.9. The minimum Gasteiger partial charge on any atom is -0.456 e. The Morgan fingerprint density at radius 3 is 0.400 bits per heavy atom. The molecule has 0 aromatic heterocycles. The van der Waals surface area contributed by atoms with E-state index in [2.05, 4.69) is 0 Å². The third kappa shape index (κ3) is 20.4. The number of ether oxygens (including phenoxy) is 21. The van der Waals surface area contributed by atoms with Crippen molar-refractivity contribution in [1.82, 2.24) is 0 Å². The maximum atomic E-state index is 13.2. The summed E-state index contributed by atoms with van der Waals surface area (Å²) in [6.07, 6.45) is -78.1. The van der Waals surface area contributed by atoms with Gasteiger partial charge in [-0.15, -0.1) is 81.2 Å². The second kappa shape index (κ2) is 40.6. The molecule has 42 nitrogen and oxygen atoms in total. The van der Waals surface area contributed by atoms with Gasteiger partial charge in [-0.25, -0.2) is 0 Å². The fourth-order valence-electron chi connectivity index (χ4n) is 12.5. The quantitative estimate of drug-likeness (QED) is 0.0288. The van der Waals surface area contributed by atoms with Crippen LogP contribution < -0.4 is 0 Å². The van der Waals surface area contributed by atoms with Crippen molar-refractivity contribution in [2.24, 2.45) is 0 Å². The molecule has 0 amide bonds. The molecule has 21 heterocycles. The van der Waals surface area contributed by atoms with E-state index in [1.807, 2.05) is 0 Å². The largest absolute Gasteiger partial charge is 0.456 e. The topological polar surface area (TPSA) is 597 Å². The molecular weight excluding hydrogens is 1590 g/mol. The molecule has 105 heavy (non-hydrogen) atoms. The number of hydrogen-bond acceptors (Lipinski definition) is 42. The Morgan fingerprint density at radius 2 is 0.314 bits per heavy atom. The summed E-state index contributed by atoms with van der Waals surface area (Å²) in [6.45, 7) is -8.75. The van der Waals surface area contributed by atoms with Crippen LogP contribution in [0.5, 0.6) is 0 Å². The summed E-state index contributed by atoms with van der Waals surface area (Å²) in [5, 5.41) is 162. The second-order valence-electron chi connectivity index (χ2n) is 23.8. The molecular formula is C56H77Cl7O42. The van der Waals surface area contributed by atoms with Crippen molar-refractivity contribution < 1.29 is 205 Å². The van der Waals surface area contributed by atoms with Crippen LogP contribution in [0.1, 0.15) is 0 Å². The van der Waals surface area contributed by atoms with Gasteiger partial charge in [0.15, 0.2) is 86.8 Å². The molecule has 602 valence electrons. The van der Waals surface area contributed by atoms with Gasteiger partial charge in [0, 0.05) is 0 Å². The van der Waals surface area contributed by atoms with Crippen LogP contribution in [-0.2, 0) is 133 Å². The molecule has 21 fully saturated rings. The van der Waals surface area contributed by atoms with Gasteiger partial charge in [-0.2, -0.15) is 0 Å². The number of carbonyl (C=O) groups excluding carboxylic acids is 7. The number of rotatable bonds is 21. The van der Waals surface area contributed by atoms with Crippen LogP contribution in [0, 0.1) is 0 Å². The molecule has 0 saturated carbocycles. The average Bonchev–Trinajstić information content (AvgIpc) is 0.781. The first-order valence-corrected chi connectivity index (χ1v) is 35.4.